The minimum atomic E-state index is 0.125. The molecule has 1 N–H and O–H groups in total. The van der Waals surface area contributed by atoms with Gasteiger partial charge in [0.15, 0.2) is 0 Å². The summed E-state index contributed by atoms with van der Waals surface area (Å²) in [4.78, 5) is 14.6. The molecular weight excluding hydrogens is 310 g/mol. The number of fused-ring (bicyclic) bond motifs is 1. The molecule has 4 rings (SSSR count). The first-order valence-corrected chi connectivity index (χ1v) is 8.96. The molecular formula is C21H23N3O. The van der Waals surface area contributed by atoms with Gasteiger partial charge in [-0.2, -0.15) is 5.10 Å². The van der Waals surface area contributed by atoms with E-state index in [1.54, 1.807) is 0 Å². The monoisotopic (exact) mass is 333 g/mol. The summed E-state index contributed by atoms with van der Waals surface area (Å²) in [5.41, 5.74) is 5.06. The molecule has 1 saturated carbocycles. The van der Waals surface area contributed by atoms with Gasteiger partial charge in [0.1, 0.15) is 0 Å². The Morgan fingerprint density at radius 1 is 1.08 bits per heavy atom. The van der Waals surface area contributed by atoms with Crippen LogP contribution in [0.4, 0.5) is 0 Å². The molecule has 1 aliphatic carbocycles. The molecule has 2 aromatic carbocycles. The van der Waals surface area contributed by atoms with Crippen LogP contribution < -0.4 is 0 Å². The summed E-state index contributed by atoms with van der Waals surface area (Å²) in [6, 6.07) is 14.6. The summed E-state index contributed by atoms with van der Waals surface area (Å²) in [5.74, 6) is 0.125. The van der Waals surface area contributed by atoms with E-state index >= 15 is 0 Å². The second-order valence-electron chi connectivity index (χ2n) is 7.01. The summed E-state index contributed by atoms with van der Waals surface area (Å²) >= 11 is 0. The Bertz CT molecular complexity index is 905. The maximum absolute atomic E-state index is 12.7. The third-order valence-electron chi connectivity index (χ3n) is 5.40. The third kappa shape index (κ3) is 2.93. The number of aromatic nitrogens is 2. The van der Waals surface area contributed by atoms with Crippen LogP contribution in [0.3, 0.4) is 0 Å². The Kier molecular flexibility index (Phi) is 4.04. The third-order valence-corrected chi connectivity index (χ3v) is 5.40. The van der Waals surface area contributed by atoms with Crippen molar-refractivity contribution in [3.63, 3.8) is 0 Å². The summed E-state index contributed by atoms with van der Waals surface area (Å²) in [7, 11) is 1.93. The van der Waals surface area contributed by atoms with Crippen molar-refractivity contribution in [2.75, 3.05) is 7.05 Å². The molecule has 0 aliphatic heterocycles. The van der Waals surface area contributed by atoms with Crippen molar-refractivity contribution in [2.24, 2.45) is 0 Å². The fourth-order valence-corrected chi connectivity index (χ4v) is 3.78. The normalized spacial score (nSPS) is 15.0. The first-order chi connectivity index (χ1) is 12.1. The Balaban J connectivity index is 1.58. The number of nitrogens with one attached hydrogen (secondary N) is 1. The van der Waals surface area contributed by atoms with Gasteiger partial charge in [-0.1, -0.05) is 31.0 Å². The Hall–Kier alpha value is -2.62. The van der Waals surface area contributed by atoms with Crippen LogP contribution in [-0.4, -0.2) is 34.1 Å². The van der Waals surface area contributed by atoms with E-state index in [-0.39, 0.29) is 5.91 Å². The lowest BCUT2D eigenvalue weighted by molar-refractivity contribution is 0.0735. The number of amides is 1. The van der Waals surface area contributed by atoms with E-state index < -0.39 is 0 Å². The van der Waals surface area contributed by atoms with E-state index in [0.29, 0.717) is 6.04 Å². The van der Waals surface area contributed by atoms with Crippen LogP contribution in [0.5, 0.6) is 0 Å². The molecule has 0 bridgehead atoms. The molecule has 1 aromatic heterocycles. The van der Waals surface area contributed by atoms with Gasteiger partial charge in [-0.15, -0.1) is 0 Å². The smallest absolute Gasteiger partial charge is 0.253 e. The Labute approximate surface area is 147 Å². The topological polar surface area (TPSA) is 49.0 Å². The molecule has 3 aromatic rings. The lowest BCUT2D eigenvalue weighted by Crippen LogP contribution is -2.35. The van der Waals surface area contributed by atoms with Crippen molar-refractivity contribution >= 4 is 16.8 Å². The number of aryl methyl sites for hydroxylation is 1. The average molecular weight is 333 g/mol. The summed E-state index contributed by atoms with van der Waals surface area (Å²) < 4.78 is 0. The molecule has 1 amide bonds. The van der Waals surface area contributed by atoms with E-state index in [2.05, 4.69) is 22.3 Å². The van der Waals surface area contributed by atoms with Crippen molar-refractivity contribution in [3.05, 3.63) is 53.7 Å². The molecule has 0 saturated heterocycles. The molecule has 25 heavy (non-hydrogen) atoms. The van der Waals surface area contributed by atoms with Gasteiger partial charge in [0.25, 0.3) is 5.91 Å². The molecule has 0 radical (unpaired) electrons. The quantitative estimate of drug-likeness (QED) is 0.764. The molecule has 1 fully saturated rings. The zero-order chi connectivity index (χ0) is 17.4. The van der Waals surface area contributed by atoms with Gasteiger partial charge in [-0.05, 0) is 55.2 Å². The number of benzene rings is 2. The van der Waals surface area contributed by atoms with Crippen LogP contribution in [-0.2, 0) is 0 Å². The van der Waals surface area contributed by atoms with Gasteiger partial charge >= 0.3 is 0 Å². The molecule has 0 spiro atoms. The number of rotatable bonds is 3. The molecule has 0 atom stereocenters. The van der Waals surface area contributed by atoms with Gasteiger partial charge in [-0.3, -0.25) is 9.89 Å². The first kappa shape index (κ1) is 15.9. The Morgan fingerprint density at radius 3 is 2.48 bits per heavy atom. The zero-order valence-corrected chi connectivity index (χ0v) is 14.7. The maximum atomic E-state index is 12.7. The van der Waals surface area contributed by atoms with Gasteiger partial charge < -0.3 is 4.90 Å². The van der Waals surface area contributed by atoms with E-state index in [9.17, 15) is 4.79 Å². The van der Waals surface area contributed by atoms with Gasteiger partial charge in [0.05, 0.1) is 5.52 Å². The SMILES string of the molecule is Cc1[nH]nc2ccc(-c3ccc(C(=O)N(C)C4CCCC4)cc3)cc12. The van der Waals surface area contributed by atoms with Crippen LogP contribution in [0.25, 0.3) is 22.0 Å². The fourth-order valence-electron chi connectivity index (χ4n) is 3.78. The number of nitrogens with zero attached hydrogens (tertiary/aromatic N) is 2. The fraction of sp³-hybridized carbons (Fsp3) is 0.333. The minimum absolute atomic E-state index is 0.125. The van der Waals surface area contributed by atoms with Crippen molar-refractivity contribution in [3.8, 4) is 11.1 Å². The largest absolute Gasteiger partial charge is 0.339 e. The van der Waals surface area contributed by atoms with Crippen LogP contribution in [0.2, 0.25) is 0 Å². The number of aromatic amines is 1. The summed E-state index contributed by atoms with van der Waals surface area (Å²) in [6.45, 7) is 2.03. The van der Waals surface area contributed by atoms with Crippen molar-refractivity contribution < 1.29 is 4.79 Å². The van der Waals surface area contributed by atoms with E-state index in [1.165, 1.54) is 12.8 Å². The number of H-pyrrole nitrogens is 1. The highest BCUT2D eigenvalue weighted by molar-refractivity contribution is 5.95. The predicted octanol–water partition coefficient (Wildman–Crippen LogP) is 4.55. The molecule has 128 valence electrons. The second kappa shape index (κ2) is 6.36. The highest BCUT2D eigenvalue weighted by atomic mass is 16.2. The van der Waals surface area contributed by atoms with Crippen molar-refractivity contribution in [1.82, 2.24) is 15.1 Å². The predicted molar refractivity (Wildman–Crippen MR) is 101 cm³/mol. The summed E-state index contributed by atoms with van der Waals surface area (Å²) in [5, 5.41) is 8.43. The lowest BCUT2D eigenvalue weighted by atomic mass is 10.0. The maximum Gasteiger partial charge on any atom is 0.253 e. The molecule has 1 aliphatic rings. The molecule has 0 unspecified atom stereocenters. The molecule has 4 nitrogen and oxygen atoms in total. The Morgan fingerprint density at radius 2 is 1.76 bits per heavy atom. The first-order valence-electron chi connectivity index (χ1n) is 8.96. The van der Waals surface area contributed by atoms with E-state index in [0.717, 1.165) is 46.1 Å². The van der Waals surface area contributed by atoms with Crippen molar-refractivity contribution in [2.45, 2.75) is 38.6 Å². The number of hydrogen-bond donors (Lipinski definition) is 1. The highest BCUT2D eigenvalue weighted by Crippen LogP contribution is 2.27. The van der Waals surface area contributed by atoms with Crippen LogP contribution in [0.1, 0.15) is 41.7 Å². The van der Waals surface area contributed by atoms with Crippen LogP contribution >= 0.6 is 0 Å². The molecule has 1 heterocycles. The number of carbonyl (C=O) groups excluding carboxylic acids is 1. The van der Waals surface area contributed by atoms with Crippen molar-refractivity contribution in [1.29, 1.82) is 0 Å². The van der Waals surface area contributed by atoms with Gasteiger partial charge in [0, 0.05) is 29.7 Å². The highest BCUT2D eigenvalue weighted by Gasteiger charge is 2.24. The summed E-state index contributed by atoms with van der Waals surface area (Å²) in [6.07, 6.45) is 4.73. The average Bonchev–Trinajstić information content (AvgIpc) is 3.31. The van der Waals surface area contributed by atoms with Gasteiger partial charge in [-0.25, -0.2) is 0 Å². The zero-order valence-electron chi connectivity index (χ0n) is 14.7. The minimum Gasteiger partial charge on any atom is -0.339 e. The van der Waals surface area contributed by atoms with Gasteiger partial charge in [0.2, 0.25) is 0 Å². The second-order valence-corrected chi connectivity index (χ2v) is 7.01. The van der Waals surface area contributed by atoms with E-state index in [1.807, 2.05) is 49.2 Å². The number of carbonyl (C=O) groups is 1. The standard InChI is InChI=1S/C21H23N3O/c1-14-19-13-17(11-12-20(19)23-22-14)15-7-9-16(10-8-15)21(25)24(2)18-5-3-4-6-18/h7-13,18H,3-6H2,1-2H3,(H,22,23). The van der Waals surface area contributed by atoms with E-state index in [4.69, 9.17) is 0 Å². The lowest BCUT2D eigenvalue weighted by Gasteiger charge is -2.24. The van der Waals surface area contributed by atoms with Crippen LogP contribution in [0, 0.1) is 6.92 Å². The molecule has 4 heteroatoms. The van der Waals surface area contributed by atoms with Crippen LogP contribution in [0.15, 0.2) is 42.5 Å². The number of hydrogen-bond acceptors (Lipinski definition) is 2.